The quantitative estimate of drug-likeness (QED) is 0.920. The van der Waals surface area contributed by atoms with Crippen molar-refractivity contribution in [1.82, 2.24) is 5.32 Å². The maximum absolute atomic E-state index is 12.8. The second-order valence-corrected chi connectivity index (χ2v) is 6.96. The fraction of sp³-hybridized carbons (Fsp3) is 0.188. The Bertz CT molecular complexity index is 770. The molecule has 0 aliphatic rings. The molecule has 0 saturated carbocycles. The average Bonchev–Trinajstić information content (AvgIpc) is 2.54. The Balaban J connectivity index is 2.18. The van der Waals surface area contributed by atoms with Crippen molar-refractivity contribution >= 4 is 15.7 Å². The van der Waals surface area contributed by atoms with Crippen molar-refractivity contribution in [2.24, 2.45) is 0 Å². The van der Waals surface area contributed by atoms with Crippen LogP contribution in [0.15, 0.2) is 53.4 Å². The second-order valence-electron chi connectivity index (χ2n) is 4.71. The molecule has 22 heavy (non-hydrogen) atoms. The summed E-state index contributed by atoms with van der Waals surface area (Å²) >= 11 is 0. The number of sulfone groups is 1. The first kappa shape index (κ1) is 16.2. The highest BCUT2D eigenvalue weighted by atomic mass is 32.2. The Morgan fingerprint density at radius 3 is 2.36 bits per heavy atom. The second kappa shape index (κ2) is 6.70. The summed E-state index contributed by atoms with van der Waals surface area (Å²) in [5.41, 5.74) is 0.844. The molecule has 0 radical (unpaired) electrons. The van der Waals surface area contributed by atoms with Gasteiger partial charge in [-0.15, -0.1) is 0 Å². The first-order valence-electron chi connectivity index (χ1n) is 6.78. The topological polar surface area (TPSA) is 63.2 Å². The van der Waals surface area contributed by atoms with E-state index in [9.17, 15) is 17.6 Å². The average molecular weight is 321 g/mol. The molecule has 0 heterocycles. The summed E-state index contributed by atoms with van der Waals surface area (Å²) in [5, 5.41) is 2.65. The number of hydrogen-bond acceptors (Lipinski definition) is 3. The van der Waals surface area contributed by atoms with Crippen LogP contribution in [0.3, 0.4) is 0 Å². The third kappa shape index (κ3) is 3.71. The van der Waals surface area contributed by atoms with Crippen LogP contribution in [0.5, 0.6) is 0 Å². The molecule has 0 saturated heterocycles. The number of amides is 1. The lowest BCUT2D eigenvalue weighted by Crippen LogP contribution is -2.25. The molecule has 2 aromatic carbocycles. The van der Waals surface area contributed by atoms with E-state index in [1.165, 1.54) is 31.2 Å². The third-order valence-corrected chi connectivity index (χ3v) is 5.00. The van der Waals surface area contributed by atoms with Crippen LogP contribution in [0, 0.1) is 5.82 Å². The van der Waals surface area contributed by atoms with Gasteiger partial charge in [-0.2, -0.15) is 0 Å². The molecule has 6 heteroatoms. The van der Waals surface area contributed by atoms with Gasteiger partial charge in [-0.3, -0.25) is 4.79 Å². The van der Waals surface area contributed by atoms with Gasteiger partial charge in [-0.25, -0.2) is 12.8 Å². The summed E-state index contributed by atoms with van der Waals surface area (Å²) in [6.45, 7) is 1.72. The summed E-state index contributed by atoms with van der Waals surface area (Å²) < 4.78 is 36.9. The fourth-order valence-corrected chi connectivity index (χ4v) is 3.05. The summed E-state index contributed by atoms with van der Waals surface area (Å²) in [4.78, 5) is 12.2. The van der Waals surface area contributed by atoms with Crippen LogP contribution in [0.1, 0.15) is 22.8 Å². The lowest BCUT2D eigenvalue weighted by molar-refractivity contribution is 0.0947. The zero-order valence-electron chi connectivity index (χ0n) is 12.0. The van der Waals surface area contributed by atoms with Crippen LogP contribution in [0.2, 0.25) is 0 Å². The number of carbonyl (C=O) groups is 1. The van der Waals surface area contributed by atoms with Gasteiger partial charge in [-0.05, 0) is 29.8 Å². The molecule has 2 aromatic rings. The van der Waals surface area contributed by atoms with Gasteiger partial charge in [0.05, 0.1) is 16.2 Å². The number of rotatable bonds is 5. The molecule has 2 rings (SSSR count). The number of nitrogens with one attached hydrogen (secondary N) is 1. The molecule has 1 N–H and O–H groups in total. The van der Waals surface area contributed by atoms with E-state index in [4.69, 9.17) is 0 Å². The lowest BCUT2D eigenvalue weighted by atomic mass is 10.2. The van der Waals surface area contributed by atoms with Gasteiger partial charge in [0.2, 0.25) is 0 Å². The van der Waals surface area contributed by atoms with Crippen molar-refractivity contribution in [3.8, 4) is 0 Å². The molecule has 0 bridgehead atoms. The standard InChI is InChI=1S/C16H16FNO3S/c1-2-22(20,21)15-6-4-3-5-14(15)16(19)18-11-12-7-9-13(17)10-8-12/h3-10H,2,11H2,1H3,(H,18,19). The molecule has 0 aliphatic carbocycles. The molecule has 0 spiro atoms. The molecule has 0 aromatic heterocycles. The van der Waals surface area contributed by atoms with E-state index in [2.05, 4.69) is 5.32 Å². The maximum atomic E-state index is 12.8. The Morgan fingerprint density at radius 2 is 1.73 bits per heavy atom. The predicted molar refractivity (Wildman–Crippen MR) is 81.7 cm³/mol. The van der Waals surface area contributed by atoms with E-state index < -0.39 is 15.7 Å². The van der Waals surface area contributed by atoms with Crippen molar-refractivity contribution in [3.63, 3.8) is 0 Å². The Morgan fingerprint density at radius 1 is 1.09 bits per heavy atom. The predicted octanol–water partition coefficient (Wildman–Crippen LogP) is 2.55. The molecule has 116 valence electrons. The fourth-order valence-electron chi connectivity index (χ4n) is 1.96. The summed E-state index contributed by atoms with van der Waals surface area (Å²) in [7, 11) is -3.47. The summed E-state index contributed by atoms with van der Waals surface area (Å²) in [6.07, 6.45) is 0. The number of carbonyl (C=O) groups excluding carboxylic acids is 1. The van der Waals surface area contributed by atoms with E-state index >= 15 is 0 Å². The number of hydrogen-bond donors (Lipinski definition) is 1. The van der Waals surface area contributed by atoms with Crippen LogP contribution in [-0.4, -0.2) is 20.1 Å². The molecule has 0 atom stereocenters. The van der Waals surface area contributed by atoms with Gasteiger partial charge < -0.3 is 5.32 Å². The number of halogens is 1. The van der Waals surface area contributed by atoms with Gasteiger partial charge in [0.1, 0.15) is 5.82 Å². The molecule has 1 amide bonds. The van der Waals surface area contributed by atoms with E-state index in [0.717, 1.165) is 5.56 Å². The van der Waals surface area contributed by atoms with Gasteiger partial charge in [0.25, 0.3) is 5.91 Å². The summed E-state index contributed by atoms with van der Waals surface area (Å²) in [6, 6.07) is 11.8. The highest BCUT2D eigenvalue weighted by Gasteiger charge is 2.20. The molecular weight excluding hydrogens is 305 g/mol. The van der Waals surface area contributed by atoms with Crippen molar-refractivity contribution in [1.29, 1.82) is 0 Å². The van der Waals surface area contributed by atoms with Crippen LogP contribution >= 0.6 is 0 Å². The first-order chi connectivity index (χ1) is 10.4. The monoisotopic (exact) mass is 321 g/mol. The minimum atomic E-state index is -3.47. The lowest BCUT2D eigenvalue weighted by Gasteiger charge is -2.10. The van der Waals surface area contributed by atoms with E-state index in [1.54, 1.807) is 24.3 Å². The van der Waals surface area contributed by atoms with Crippen LogP contribution in [0.4, 0.5) is 4.39 Å². The van der Waals surface area contributed by atoms with Crippen LogP contribution in [0.25, 0.3) is 0 Å². The SMILES string of the molecule is CCS(=O)(=O)c1ccccc1C(=O)NCc1ccc(F)cc1. The van der Waals surface area contributed by atoms with Crippen LogP contribution in [-0.2, 0) is 16.4 Å². The normalized spacial score (nSPS) is 11.2. The molecule has 0 unspecified atom stereocenters. The Kier molecular flexibility index (Phi) is 4.92. The maximum Gasteiger partial charge on any atom is 0.252 e. The Labute approximate surface area is 128 Å². The minimum absolute atomic E-state index is 0.0223. The molecule has 0 aliphatic heterocycles. The highest BCUT2D eigenvalue weighted by Crippen LogP contribution is 2.17. The van der Waals surface area contributed by atoms with E-state index in [1.807, 2.05) is 0 Å². The largest absolute Gasteiger partial charge is 0.348 e. The van der Waals surface area contributed by atoms with Gasteiger partial charge in [0, 0.05) is 6.54 Å². The Hall–Kier alpha value is -2.21. The van der Waals surface area contributed by atoms with Gasteiger partial charge in [-0.1, -0.05) is 31.2 Å². The first-order valence-corrected chi connectivity index (χ1v) is 8.43. The van der Waals surface area contributed by atoms with Crippen LogP contribution < -0.4 is 5.32 Å². The van der Waals surface area contributed by atoms with E-state index in [-0.39, 0.29) is 28.6 Å². The molecular formula is C16H16FNO3S. The van der Waals surface area contributed by atoms with E-state index in [0.29, 0.717) is 0 Å². The molecule has 4 nitrogen and oxygen atoms in total. The van der Waals surface area contributed by atoms with Crippen molar-refractivity contribution in [3.05, 3.63) is 65.5 Å². The summed E-state index contributed by atoms with van der Waals surface area (Å²) in [5.74, 6) is -0.902. The van der Waals surface area contributed by atoms with Crippen molar-refractivity contribution in [2.75, 3.05) is 5.75 Å². The molecule has 0 fully saturated rings. The minimum Gasteiger partial charge on any atom is -0.348 e. The zero-order chi connectivity index (χ0) is 16.2. The zero-order valence-corrected chi connectivity index (χ0v) is 12.9. The third-order valence-electron chi connectivity index (χ3n) is 3.21. The van der Waals surface area contributed by atoms with Crippen molar-refractivity contribution in [2.45, 2.75) is 18.4 Å². The van der Waals surface area contributed by atoms with Gasteiger partial charge >= 0.3 is 0 Å². The van der Waals surface area contributed by atoms with Gasteiger partial charge in [0.15, 0.2) is 9.84 Å². The van der Waals surface area contributed by atoms with Crippen molar-refractivity contribution < 1.29 is 17.6 Å². The smallest absolute Gasteiger partial charge is 0.252 e. The number of benzene rings is 2. The highest BCUT2D eigenvalue weighted by molar-refractivity contribution is 7.91.